The van der Waals surface area contributed by atoms with Crippen molar-refractivity contribution < 1.29 is 14.3 Å². The van der Waals surface area contributed by atoms with Gasteiger partial charge in [-0.15, -0.1) is 0 Å². The first-order valence-corrected chi connectivity index (χ1v) is 11.3. The molecule has 6 nitrogen and oxygen atoms in total. The van der Waals surface area contributed by atoms with E-state index in [1.807, 2.05) is 17.9 Å². The van der Waals surface area contributed by atoms with E-state index in [9.17, 15) is 9.59 Å². The van der Waals surface area contributed by atoms with Gasteiger partial charge in [0, 0.05) is 54.3 Å². The average molecular weight is 497 g/mol. The number of hydrogen-bond acceptors (Lipinski definition) is 4. The number of hydrogen-bond donors (Lipinski definition) is 1. The van der Waals surface area contributed by atoms with Crippen molar-refractivity contribution in [1.29, 1.82) is 0 Å². The quantitative estimate of drug-likeness (QED) is 0.547. The van der Waals surface area contributed by atoms with E-state index in [1.54, 1.807) is 30.3 Å². The van der Waals surface area contributed by atoms with E-state index in [-0.39, 0.29) is 11.8 Å². The van der Waals surface area contributed by atoms with E-state index >= 15 is 0 Å². The number of piperazine rings is 1. The summed E-state index contributed by atoms with van der Waals surface area (Å²) in [4.78, 5) is 28.6. The number of carbonyl (C=O) groups excluding carboxylic acids is 2. The van der Waals surface area contributed by atoms with Crippen LogP contribution in [0.25, 0.3) is 6.08 Å². The summed E-state index contributed by atoms with van der Waals surface area (Å²) in [6, 6.07) is 8.61. The highest BCUT2D eigenvalue weighted by Gasteiger charge is 2.22. The lowest BCUT2D eigenvalue weighted by atomic mass is 10.1. The third-order valence-electron chi connectivity index (χ3n) is 5.15. The summed E-state index contributed by atoms with van der Waals surface area (Å²) in [5.74, 6) is 0.241. The Morgan fingerprint density at radius 3 is 2.44 bits per heavy atom. The van der Waals surface area contributed by atoms with Crippen molar-refractivity contribution in [3.05, 3.63) is 57.0 Å². The van der Waals surface area contributed by atoms with Gasteiger partial charge in [0.1, 0.15) is 5.75 Å². The molecule has 2 amide bonds. The molecule has 1 fully saturated rings. The topological polar surface area (TPSA) is 61.9 Å². The number of ether oxygens (including phenoxy) is 1. The van der Waals surface area contributed by atoms with E-state index in [1.165, 1.54) is 13.2 Å². The van der Waals surface area contributed by atoms with Gasteiger partial charge in [-0.2, -0.15) is 0 Å². The number of methoxy groups -OCH3 is 1. The fourth-order valence-corrected chi connectivity index (χ4v) is 4.32. The van der Waals surface area contributed by atoms with E-state index in [0.717, 1.165) is 5.69 Å². The predicted octanol–water partition coefficient (Wildman–Crippen LogP) is 5.37. The van der Waals surface area contributed by atoms with Gasteiger partial charge in [0.15, 0.2) is 0 Å². The summed E-state index contributed by atoms with van der Waals surface area (Å²) in [5.41, 5.74) is 2.03. The molecule has 1 saturated heterocycles. The van der Waals surface area contributed by atoms with Crippen molar-refractivity contribution in [2.24, 2.45) is 0 Å². The molecule has 0 spiro atoms. The molecule has 1 heterocycles. The Kier molecular flexibility index (Phi) is 8.29. The van der Waals surface area contributed by atoms with Crippen LogP contribution in [0.3, 0.4) is 0 Å². The second kappa shape index (κ2) is 10.9. The molecule has 170 valence electrons. The van der Waals surface area contributed by atoms with Gasteiger partial charge >= 0.3 is 0 Å². The highest BCUT2D eigenvalue weighted by atomic mass is 35.5. The van der Waals surface area contributed by atoms with Crippen LogP contribution >= 0.6 is 34.8 Å². The zero-order chi connectivity index (χ0) is 23.3. The van der Waals surface area contributed by atoms with Gasteiger partial charge in [-0.25, -0.2) is 0 Å². The maximum Gasteiger partial charge on any atom is 0.248 e. The van der Waals surface area contributed by atoms with Gasteiger partial charge in [-0.3, -0.25) is 9.59 Å². The van der Waals surface area contributed by atoms with Crippen molar-refractivity contribution in [3.63, 3.8) is 0 Å². The molecule has 0 unspecified atom stereocenters. The standard InChI is InChI=1S/C23H24Cl3N3O3/c1-3-22(31)29-10-8-28(9-11-29)20-6-5-16(24)14-19(20)27-21(30)7-4-15-12-17(25)13-18(26)23(15)32-2/h4-7,12-14H,3,8-11H2,1-2H3,(H,27,30)/b7-4+. The van der Waals surface area contributed by atoms with Crippen LogP contribution in [0.2, 0.25) is 15.1 Å². The Bertz CT molecular complexity index is 1030. The predicted molar refractivity (Wildman–Crippen MR) is 131 cm³/mol. The number of nitrogens with one attached hydrogen (secondary N) is 1. The highest BCUT2D eigenvalue weighted by molar-refractivity contribution is 6.36. The lowest BCUT2D eigenvalue weighted by Gasteiger charge is -2.37. The molecule has 2 aromatic rings. The van der Waals surface area contributed by atoms with Crippen LogP contribution in [0.15, 0.2) is 36.4 Å². The van der Waals surface area contributed by atoms with Crippen LogP contribution in [0.4, 0.5) is 11.4 Å². The monoisotopic (exact) mass is 495 g/mol. The third-order valence-corrected chi connectivity index (χ3v) is 5.88. The van der Waals surface area contributed by atoms with Crippen LogP contribution in [0.1, 0.15) is 18.9 Å². The molecular formula is C23H24Cl3N3O3. The van der Waals surface area contributed by atoms with Crippen LogP contribution < -0.4 is 15.0 Å². The minimum absolute atomic E-state index is 0.149. The normalized spacial score (nSPS) is 14.0. The second-order valence-corrected chi connectivity index (χ2v) is 8.50. The van der Waals surface area contributed by atoms with Gasteiger partial charge in [-0.05, 0) is 36.4 Å². The van der Waals surface area contributed by atoms with Gasteiger partial charge < -0.3 is 19.9 Å². The van der Waals surface area contributed by atoms with Crippen molar-refractivity contribution in [1.82, 2.24) is 4.90 Å². The second-order valence-electron chi connectivity index (χ2n) is 7.22. The molecule has 3 rings (SSSR count). The summed E-state index contributed by atoms with van der Waals surface area (Å²) < 4.78 is 5.30. The van der Waals surface area contributed by atoms with Gasteiger partial charge in [0.05, 0.1) is 23.5 Å². The number of nitrogens with zero attached hydrogens (tertiary/aromatic N) is 2. The zero-order valence-corrected chi connectivity index (χ0v) is 20.1. The molecule has 1 aliphatic heterocycles. The van der Waals surface area contributed by atoms with E-state index in [4.69, 9.17) is 39.5 Å². The Morgan fingerprint density at radius 1 is 1.06 bits per heavy atom. The lowest BCUT2D eigenvalue weighted by molar-refractivity contribution is -0.131. The largest absolute Gasteiger partial charge is 0.495 e. The molecule has 0 saturated carbocycles. The van der Waals surface area contributed by atoms with Crippen LogP contribution in [0.5, 0.6) is 5.75 Å². The molecule has 32 heavy (non-hydrogen) atoms. The van der Waals surface area contributed by atoms with Crippen molar-refractivity contribution in [2.75, 3.05) is 43.5 Å². The highest BCUT2D eigenvalue weighted by Crippen LogP contribution is 2.33. The first kappa shape index (κ1) is 24.2. The molecule has 1 N–H and O–H groups in total. The van der Waals surface area contributed by atoms with Crippen molar-refractivity contribution >= 4 is 64.1 Å². The van der Waals surface area contributed by atoms with Crippen molar-refractivity contribution in [2.45, 2.75) is 13.3 Å². The number of benzene rings is 2. The number of anilines is 2. The maximum atomic E-state index is 12.7. The molecule has 9 heteroatoms. The Hall–Kier alpha value is -2.41. The Balaban J connectivity index is 1.75. The Morgan fingerprint density at radius 2 is 1.78 bits per heavy atom. The molecule has 0 bridgehead atoms. The number of amides is 2. The van der Waals surface area contributed by atoms with Crippen LogP contribution in [0, 0.1) is 0 Å². The smallest absolute Gasteiger partial charge is 0.248 e. The van der Waals surface area contributed by atoms with E-state index < -0.39 is 0 Å². The van der Waals surface area contributed by atoms with Gasteiger partial charge in [0.2, 0.25) is 11.8 Å². The van der Waals surface area contributed by atoms with Gasteiger partial charge in [0.25, 0.3) is 0 Å². The molecule has 0 aromatic heterocycles. The van der Waals surface area contributed by atoms with Crippen molar-refractivity contribution in [3.8, 4) is 5.75 Å². The first-order chi connectivity index (χ1) is 15.3. The van der Waals surface area contributed by atoms with E-state index in [0.29, 0.717) is 64.7 Å². The third kappa shape index (κ3) is 5.88. The maximum absolute atomic E-state index is 12.7. The molecule has 0 aliphatic carbocycles. The Labute approximate surface area is 202 Å². The molecule has 0 radical (unpaired) electrons. The SMILES string of the molecule is CCC(=O)N1CCN(c2ccc(Cl)cc2NC(=O)/C=C/c2cc(Cl)cc(Cl)c2OC)CC1. The average Bonchev–Trinajstić information content (AvgIpc) is 2.77. The fourth-order valence-electron chi connectivity index (χ4n) is 3.56. The fraction of sp³-hybridized carbons (Fsp3) is 0.304. The number of rotatable bonds is 6. The number of halogens is 3. The summed E-state index contributed by atoms with van der Waals surface area (Å²) in [6.45, 7) is 4.48. The van der Waals surface area contributed by atoms with Crippen LogP contribution in [-0.4, -0.2) is 50.0 Å². The van der Waals surface area contributed by atoms with Gasteiger partial charge in [-0.1, -0.05) is 41.7 Å². The molecular weight excluding hydrogens is 473 g/mol. The zero-order valence-electron chi connectivity index (χ0n) is 17.8. The summed E-state index contributed by atoms with van der Waals surface area (Å²) in [5, 5.41) is 4.20. The minimum Gasteiger partial charge on any atom is -0.495 e. The summed E-state index contributed by atoms with van der Waals surface area (Å²) in [6.07, 6.45) is 3.47. The molecule has 1 aliphatic rings. The summed E-state index contributed by atoms with van der Waals surface area (Å²) >= 11 is 18.4. The number of carbonyl (C=O) groups is 2. The molecule has 0 atom stereocenters. The lowest BCUT2D eigenvalue weighted by Crippen LogP contribution is -2.48. The van der Waals surface area contributed by atoms with E-state index in [2.05, 4.69) is 10.2 Å². The first-order valence-electron chi connectivity index (χ1n) is 10.2. The minimum atomic E-state index is -0.341. The van der Waals surface area contributed by atoms with Crippen LogP contribution in [-0.2, 0) is 9.59 Å². The summed E-state index contributed by atoms with van der Waals surface area (Å²) in [7, 11) is 1.50. The molecule has 2 aromatic carbocycles.